The van der Waals surface area contributed by atoms with Crippen LogP contribution in [0.15, 0.2) is 86.0 Å². The summed E-state index contributed by atoms with van der Waals surface area (Å²) in [4.78, 5) is 49.2. The van der Waals surface area contributed by atoms with E-state index in [4.69, 9.17) is 43.8 Å². The van der Waals surface area contributed by atoms with Crippen molar-refractivity contribution in [3.05, 3.63) is 97.1 Å². The maximum absolute atomic E-state index is 16.6. The number of amides is 1. The first-order chi connectivity index (χ1) is 33.0. The Labute approximate surface area is 402 Å². The number of alkyl halides is 1. The van der Waals surface area contributed by atoms with Gasteiger partial charge in [0.1, 0.15) is 31.5 Å². The highest BCUT2D eigenvalue weighted by atomic mass is 32.5. The first kappa shape index (κ1) is 50.3. The Hall–Kier alpha value is -5.12. The quantitative estimate of drug-likeness (QED) is 0.0418. The molecule has 1 aliphatic carbocycles. The number of ether oxygens (including phenoxy) is 2. The van der Waals surface area contributed by atoms with Crippen molar-refractivity contribution in [2.75, 3.05) is 18.5 Å². The Morgan fingerprint density at radius 3 is 2.33 bits per heavy atom. The highest BCUT2D eigenvalue weighted by molar-refractivity contribution is 8.07. The summed E-state index contributed by atoms with van der Waals surface area (Å²) >= 11 is 6.06. The van der Waals surface area contributed by atoms with E-state index in [0.717, 1.165) is 11.9 Å². The molecule has 1 aliphatic heterocycles. The topological polar surface area (TPSA) is 262 Å². The third kappa shape index (κ3) is 11.1. The van der Waals surface area contributed by atoms with Gasteiger partial charge in [0, 0.05) is 10.1 Å². The predicted molar refractivity (Wildman–Crippen MR) is 252 cm³/mol. The summed E-state index contributed by atoms with van der Waals surface area (Å²) < 4.78 is 75.3. The standard InChI is InChI=1S/C43H49FN10O11P2SSi/c1-43(2,3)69(4,5)65-35-29(55)19-28(53-24-51-33-39(53)48-23-49-41(33)59-20-26-13-8-6-9-14-26)34(35)64-67(68,60-18-12-17-45)61-21-30-36(63-66(57)58)31(44)42(62-30)54-25-50-32-37(46-22-47-38(32)54)52-40(56)27-15-10-7-11-16-27/h6-11,13-16,22-25,28-31,34-36,42,55H,12,18-21H2,1-5H3,(H-,46,47,52,56,57,58)/p+1/t28-,29+,30-,31-,34+,35-,36-,42-,67?/m1/s1. The van der Waals surface area contributed by atoms with Gasteiger partial charge in [0.25, 0.3) is 5.91 Å². The van der Waals surface area contributed by atoms with Crippen molar-refractivity contribution in [2.24, 2.45) is 0 Å². The highest BCUT2D eigenvalue weighted by Crippen LogP contribution is 2.56. The van der Waals surface area contributed by atoms with Crippen molar-refractivity contribution < 1.29 is 55.7 Å². The van der Waals surface area contributed by atoms with E-state index in [1.165, 1.54) is 23.5 Å². The molecule has 6 aromatic rings. The van der Waals surface area contributed by atoms with Gasteiger partial charge in [-0.25, -0.2) is 29.3 Å². The molecule has 5 heterocycles. The molecule has 4 aromatic heterocycles. The number of benzene rings is 2. The van der Waals surface area contributed by atoms with E-state index in [1.54, 1.807) is 34.9 Å². The zero-order chi connectivity index (χ0) is 49.1. The molecular formula is C43H50FN10O11P2SSi+. The molecule has 1 amide bonds. The van der Waals surface area contributed by atoms with Gasteiger partial charge in [0.15, 0.2) is 55.0 Å². The summed E-state index contributed by atoms with van der Waals surface area (Å²) in [5.41, 5.74) is 2.16. The van der Waals surface area contributed by atoms with Crippen LogP contribution in [0.2, 0.25) is 18.1 Å². The van der Waals surface area contributed by atoms with Gasteiger partial charge >= 0.3 is 15.0 Å². The lowest BCUT2D eigenvalue weighted by molar-refractivity contribution is -0.0494. The molecule has 2 fully saturated rings. The molecule has 2 aliphatic rings. The Morgan fingerprint density at radius 2 is 1.64 bits per heavy atom. The van der Waals surface area contributed by atoms with Crippen LogP contribution in [0.1, 0.15) is 61.8 Å². The van der Waals surface area contributed by atoms with Crippen LogP contribution in [0, 0.1) is 11.3 Å². The molecule has 0 radical (unpaired) electrons. The van der Waals surface area contributed by atoms with Crippen LogP contribution in [0.5, 0.6) is 5.88 Å². The van der Waals surface area contributed by atoms with Crippen molar-refractivity contribution in [2.45, 2.75) is 107 Å². The average Bonchev–Trinajstić information content (AvgIpc) is 4.09. The fraction of sp³-hybridized carbons (Fsp3) is 0.442. The number of nitriles is 1. The normalized spacial score (nSPS) is 24.0. The van der Waals surface area contributed by atoms with Gasteiger partial charge in [-0.2, -0.15) is 10.2 Å². The second-order valence-electron chi connectivity index (χ2n) is 17.7. The molecule has 21 nitrogen and oxygen atoms in total. The molecule has 2 aromatic carbocycles. The number of imidazole rings is 2. The van der Waals surface area contributed by atoms with E-state index < -0.39 is 84.8 Å². The number of aliphatic hydroxyl groups excluding tert-OH is 1. The molecule has 69 heavy (non-hydrogen) atoms. The van der Waals surface area contributed by atoms with E-state index in [9.17, 15) is 24.6 Å². The molecule has 3 N–H and O–H groups in total. The molecular weight excluding hydrogens is 974 g/mol. The number of halogens is 1. The van der Waals surface area contributed by atoms with E-state index in [-0.39, 0.29) is 54.0 Å². The number of hydrogen-bond donors (Lipinski definition) is 3. The van der Waals surface area contributed by atoms with E-state index in [1.807, 2.05) is 49.5 Å². The Kier molecular flexibility index (Phi) is 15.4. The van der Waals surface area contributed by atoms with Gasteiger partial charge in [-0.1, -0.05) is 69.3 Å². The van der Waals surface area contributed by atoms with Gasteiger partial charge in [0.2, 0.25) is 5.88 Å². The Balaban J connectivity index is 1.08. The number of nitrogens with one attached hydrogen (secondary N) is 1. The minimum Gasteiger partial charge on any atom is -0.471 e. The van der Waals surface area contributed by atoms with Gasteiger partial charge in [-0.3, -0.25) is 9.36 Å². The number of aliphatic hydroxyl groups is 1. The Morgan fingerprint density at radius 1 is 0.971 bits per heavy atom. The fourth-order valence-corrected chi connectivity index (χ4v) is 11.6. The van der Waals surface area contributed by atoms with Gasteiger partial charge in [0.05, 0.1) is 56.6 Å². The summed E-state index contributed by atoms with van der Waals surface area (Å²) in [6, 6.07) is 19.2. The summed E-state index contributed by atoms with van der Waals surface area (Å²) in [6.45, 7) is 5.51. The minimum absolute atomic E-state index is 0.0404. The monoisotopic (exact) mass is 1020 g/mol. The zero-order valence-electron chi connectivity index (χ0n) is 38.0. The lowest BCUT2D eigenvalue weighted by Gasteiger charge is -2.41. The van der Waals surface area contributed by atoms with Crippen LogP contribution in [0.4, 0.5) is 10.2 Å². The molecule has 0 spiro atoms. The number of carbonyl (C=O) groups excluding carboxylic acids is 1. The SMILES string of the molecule is CC(C)(C)[Si](C)(C)O[C@H]1[C@@H](OP(=S)(OCCC#N)OC[C@H]2O[C@@H](n3cnc4c(NC(=O)c5ccccc5)ncnc43)[C@H](F)[C@@H]2O[P+](=O)O)[C@H](n2cnc3c(OCc4ccccc4)ncnc32)C[C@@H]1O. The lowest BCUT2D eigenvalue weighted by Crippen LogP contribution is -2.49. The Bertz CT molecular complexity index is 2880. The molecule has 8 rings (SSSR count). The number of nitrogens with zero attached hydrogens (tertiary/aromatic N) is 9. The molecule has 2 unspecified atom stereocenters. The minimum atomic E-state index is -4.08. The van der Waals surface area contributed by atoms with Crippen LogP contribution in [0.3, 0.4) is 0 Å². The third-order valence-electron chi connectivity index (χ3n) is 12.2. The molecule has 0 bridgehead atoms. The fourth-order valence-electron chi connectivity index (χ4n) is 7.72. The molecule has 26 heteroatoms. The van der Waals surface area contributed by atoms with Crippen molar-refractivity contribution in [1.29, 1.82) is 5.26 Å². The smallest absolute Gasteiger partial charge is 0.471 e. The largest absolute Gasteiger partial charge is 0.695 e. The van der Waals surface area contributed by atoms with Crippen LogP contribution < -0.4 is 10.1 Å². The van der Waals surface area contributed by atoms with Crippen molar-refractivity contribution >= 4 is 69.2 Å². The molecule has 1 saturated heterocycles. The van der Waals surface area contributed by atoms with Crippen molar-refractivity contribution in [3.8, 4) is 11.9 Å². The van der Waals surface area contributed by atoms with E-state index in [0.29, 0.717) is 16.7 Å². The summed E-state index contributed by atoms with van der Waals surface area (Å²) in [5.74, 6) is -0.201. The molecule has 364 valence electrons. The summed E-state index contributed by atoms with van der Waals surface area (Å²) in [6.07, 6.45) is -4.77. The summed E-state index contributed by atoms with van der Waals surface area (Å²) in [5, 5.41) is 23.8. The number of anilines is 1. The first-order valence-electron chi connectivity index (χ1n) is 21.8. The van der Waals surface area contributed by atoms with Gasteiger partial charge < -0.3 is 42.5 Å². The van der Waals surface area contributed by atoms with Crippen LogP contribution in [-0.2, 0) is 50.2 Å². The first-order valence-corrected chi connectivity index (χ1v) is 28.4. The van der Waals surface area contributed by atoms with E-state index >= 15 is 4.39 Å². The average molecular weight is 1020 g/mol. The van der Waals surface area contributed by atoms with Gasteiger partial charge in [-0.15, -0.1) is 9.42 Å². The number of aromatic nitrogens is 8. The second kappa shape index (κ2) is 21.1. The predicted octanol–water partition coefficient (Wildman–Crippen LogP) is 7.02. The highest BCUT2D eigenvalue weighted by Gasteiger charge is 2.55. The number of carbonyl (C=O) groups is 1. The number of rotatable bonds is 19. The van der Waals surface area contributed by atoms with Crippen LogP contribution in [0.25, 0.3) is 22.3 Å². The summed E-state index contributed by atoms with van der Waals surface area (Å²) in [7, 11) is -6.03. The maximum Gasteiger partial charge on any atom is 0.695 e. The number of fused-ring (bicyclic) bond motifs is 2. The van der Waals surface area contributed by atoms with Gasteiger partial charge in [-0.05, 0) is 54.1 Å². The number of hydrogen-bond acceptors (Lipinski definition) is 18. The van der Waals surface area contributed by atoms with Crippen LogP contribution >= 0.6 is 15.0 Å². The second-order valence-corrected chi connectivity index (χ2v) is 26.1. The zero-order valence-corrected chi connectivity index (χ0v) is 41.6. The lowest BCUT2D eigenvalue weighted by atomic mass is 10.1. The van der Waals surface area contributed by atoms with Crippen molar-refractivity contribution in [1.82, 2.24) is 39.0 Å². The van der Waals surface area contributed by atoms with Crippen molar-refractivity contribution in [3.63, 3.8) is 0 Å². The molecule has 10 atom stereocenters. The van der Waals surface area contributed by atoms with Crippen LogP contribution in [-0.4, -0.2) is 113 Å². The third-order valence-corrected chi connectivity index (χ3v) is 19.4. The van der Waals surface area contributed by atoms with E-state index in [2.05, 4.69) is 56.0 Å². The molecule has 1 saturated carbocycles. The maximum atomic E-state index is 16.6.